The number of fused-ring (bicyclic) bond motifs is 1. The van der Waals surface area contributed by atoms with Crippen LogP contribution in [0.15, 0.2) is 16.6 Å². The zero-order chi connectivity index (χ0) is 7.84. The van der Waals surface area contributed by atoms with Crippen LogP contribution in [0.5, 0.6) is 0 Å². The average Bonchev–Trinajstić information content (AvgIpc) is 2.36. The minimum Gasteiger partial charge on any atom is -0.309 e. The van der Waals surface area contributed by atoms with Crippen molar-refractivity contribution in [2.75, 3.05) is 0 Å². The predicted octanol–water partition coefficient (Wildman–Crippen LogP) is 2.19. The van der Waals surface area contributed by atoms with Gasteiger partial charge < -0.3 is 5.32 Å². The molecule has 0 saturated carbocycles. The van der Waals surface area contributed by atoms with E-state index in [-0.39, 0.29) is 5.82 Å². The van der Waals surface area contributed by atoms with Crippen molar-refractivity contribution in [3.05, 3.63) is 33.5 Å². The fraction of sp³-hybridized carbons (Fsp3) is 0.250. The van der Waals surface area contributed by atoms with Crippen LogP contribution < -0.4 is 5.32 Å². The molecule has 0 unspecified atom stereocenters. The Kier molecular flexibility index (Phi) is 1.69. The average molecular weight is 216 g/mol. The van der Waals surface area contributed by atoms with Gasteiger partial charge in [0.2, 0.25) is 0 Å². The predicted molar refractivity (Wildman–Crippen MR) is 44.6 cm³/mol. The number of hydrogen-bond donors (Lipinski definition) is 1. The normalized spacial score (nSPS) is 15.1. The van der Waals surface area contributed by atoms with Gasteiger partial charge in [-0.3, -0.25) is 0 Å². The number of rotatable bonds is 0. The molecule has 0 saturated heterocycles. The molecule has 0 atom stereocenters. The third-order valence-electron chi connectivity index (χ3n) is 1.87. The topological polar surface area (TPSA) is 12.0 Å². The lowest BCUT2D eigenvalue weighted by atomic mass is 10.1. The minimum atomic E-state index is -0.174. The first-order valence-electron chi connectivity index (χ1n) is 3.45. The van der Waals surface area contributed by atoms with Crippen molar-refractivity contribution in [3.63, 3.8) is 0 Å². The Morgan fingerprint density at radius 3 is 2.64 bits per heavy atom. The van der Waals surface area contributed by atoms with Gasteiger partial charge in [-0.25, -0.2) is 4.39 Å². The molecule has 1 heterocycles. The van der Waals surface area contributed by atoms with E-state index in [2.05, 4.69) is 21.2 Å². The molecule has 0 fully saturated rings. The molecule has 1 aromatic rings. The summed E-state index contributed by atoms with van der Waals surface area (Å²) in [5.41, 5.74) is 2.27. The molecule has 58 valence electrons. The lowest BCUT2D eigenvalue weighted by molar-refractivity contribution is 0.619. The fourth-order valence-corrected chi connectivity index (χ4v) is 1.68. The Morgan fingerprint density at radius 2 is 1.91 bits per heavy atom. The van der Waals surface area contributed by atoms with Gasteiger partial charge in [0.25, 0.3) is 0 Å². The third-order valence-corrected chi connectivity index (χ3v) is 2.48. The smallest absolute Gasteiger partial charge is 0.137 e. The van der Waals surface area contributed by atoms with Gasteiger partial charge in [0.15, 0.2) is 0 Å². The van der Waals surface area contributed by atoms with E-state index in [1.165, 1.54) is 5.56 Å². The SMILES string of the molecule is Fc1cc2c(cc1Br)CNC2. The number of hydrogen-bond acceptors (Lipinski definition) is 1. The van der Waals surface area contributed by atoms with Crippen molar-refractivity contribution >= 4 is 15.9 Å². The van der Waals surface area contributed by atoms with Gasteiger partial charge in [-0.15, -0.1) is 0 Å². The molecular weight excluding hydrogens is 209 g/mol. The second-order valence-electron chi connectivity index (χ2n) is 2.64. The van der Waals surface area contributed by atoms with Crippen molar-refractivity contribution in [2.24, 2.45) is 0 Å². The monoisotopic (exact) mass is 215 g/mol. The maximum atomic E-state index is 12.9. The standard InChI is InChI=1S/C8H7BrFN/c9-7-1-5-3-11-4-6(5)2-8(7)10/h1-2,11H,3-4H2. The van der Waals surface area contributed by atoms with Gasteiger partial charge in [-0.05, 0) is 39.2 Å². The number of benzene rings is 1. The van der Waals surface area contributed by atoms with E-state index in [1.807, 2.05) is 6.07 Å². The molecule has 0 radical (unpaired) electrons. The summed E-state index contributed by atoms with van der Waals surface area (Å²) in [6.07, 6.45) is 0. The molecule has 0 aliphatic carbocycles. The first-order valence-corrected chi connectivity index (χ1v) is 4.24. The van der Waals surface area contributed by atoms with Gasteiger partial charge >= 0.3 is 0 Å². The zero-order valence-electron chi connectivity index (χ0n) is 5.82. The molecule has 0 bridgehead atoms. The number of nitrogens with one attached hydrogen (secondary N) is 1. The van der Waals surface area contributed by atoms with Crippen molar-refractivity contribution in [1.82, 2.24) is 5.32 Å². The molecule has 0 spiro atoms. The van der Waals surface area contributed by atoms with Crippen molar-refractivity contribution in [1.29, 1.82) is 0 Å². The fourth-order valence-electron chi connectivity index (χ4n) is 1.29. The molecule has 1 nitrogen and oxygen atoms in total. The zero-order valence-corrected chi connectivity index (χ0v) is 7.41. The summed E-state index contributed by atoms with van der Waals surface area (Å²) in [5, 5.41) is 3.15. The van der Waals surface area contributed by atoms with E-state index in [1.54, 1.807) is 6.07 Å². The molecule has 3 heteroatoms. The van der Waals surface area contributed by atoms with Crippen LogP contribution in [0, 0.1) is 5.82 Å². The summed E-state index contributed by atoms with van der Waals surface area (Å²) in [4.78, 5) is 0. The summed E-state index contributed by atoms with van der Waals surface area (Å²) in [6.45, 7) is 1.65. The summed E-state index contributed by atoms with van der Waals surface area (Å²) in [7, 11) is 0. The van der Waals surface area contributed by atoms with Crippen molar-refractivity contribution in [3.8, 4) is 0 Å². The van der Waals surface area contributed by atoms with Crippen LogP contribution in [-0.4, -0.2) is 0 Å². The highest BCUT2D eigenvalue weighted by atomic mass is 79.9. The summed E-state index contributed by atoms with van der Waals surface area (Å²) < 4.78 is 13.5. The second-order valence-corrected chi connectivity index (χ2v) is 3.49. The molecule has 2 rings (SSSR count). The van der Waals surface area contributed by atoms with E-state index in [0.717, 1.165) is 18.7 Å². The van der Waals surface area contributed by atoms with E-state index in [0.29, 0.717) is 4.47 Å². The Balaban J connectivity index is 2.57. The van der Waals surface area contributed by atoms with Crippen molar-refractivity contribution in [2.45, 2.75) is 13.1 Å². The third kappa shape index (κ3) is 1.19. The quantitative estimate of drug-likeness (QED) is 0.700. The van der Waals surface area contributed by atoms with E-state index >= 15 is 0 Å². The van der Waals surface area contributed by atoms with Crippen molar-refractivity contribution < 1.29 is 4.39 Å². The molecule has 0 aromatic heterocycles. The van der Waals surface area contributed by atoms with Crippen LogP contribution in [0.1, 0.15) is 11.1 Å². The molecule has 11 heavy (non-hydrogen) atoms. The maximum Gasteiger partial charge on any atom is 0.137 e. The van der Waals surface area contributed by atoms with Crippen LogP contribution in [0.3, 0.4) is 0 Å². The summed E-state index contributed by atoms with van der Waals surface area (Å²) in [6, 6.07) is 3.42. The van der Waals surface area contributed by atoms with Crippen LogP contribution in [0.2, 0.25) is 0 Å². The molecule has 1 aliphatic heterocycles. The van der Waals surface area contributed by atoms with Gasteiger partial charge in [-0.2, -0.15) is 0 Å². The first kappa shape index (κ1) is 7.25. The molecule has 1 N–H and O–H groups in total. The first-order chi connectivity index (χ1) is 5.27. The Labute approximate surface area is 72.7 Å². The Hall–Kier alpha value is -0.410. The molecule has 0 amide bonds. The van der Waals surface area contributed by atoms with E-state index in [4.69, 9.17) is 0 Å². The number of halogens is 2. The largest absolute Gasteiger partial charge is 0.309 e. The summed E-state index contributed by atoms with van der Waals surface area (Å²) >= 11 is 3.15. The van der Waals surface area contributed by atoms with Crippen LogP contribution in [0.25, 0.3) is 0 Å². The summed E-state index contributed by atoms with van der Waals surface area (Å²) in [5.74, 6) is -0.174. The highest BCUT2D eigenvalue weighted by Crippen LogP contribution is 2.23. The second kappa shape index (κ2) is 2.57. The Bertz CT molecular complexity index is 269. The Morgan fingerprint density at radius 1 is 1.27 bits per heavy atom. The van der Waals surface area contributed by atoms with Gasteiger partial charge in [0.05, 0.1) is 4.47 Å². The van der Waals surface area contributed by atoms with Gasteiger partial charge in [-0.1, -0.05) is 0 Å². The highest BCUT2D eigenvalue weighted by Gasteiger charge is 2.12. The molecule has 1 aromatic carbocycles. The van der Waals surface area contributed by atoms with Crippen LogP contribution in [-0.2, 0) is 13.1 Å². The van der Waals surface area contributed by atoms with E-state index in [9.17, 15) is 4.39 Å². The highest BCUT2D eigenvalue weighted by molar-refractivity contribution is 9.10. The van der Waals surface area contributed by atoms with Crippen LogP contribution in [0.4, 0.5) is 4.39 Å². The van der Waals surface area contributed by atoms with E-state index < -0.39 is 0 Å². The van der Waals surface area contributed by atoms with Gasteiger partial charge in [0.1, 0.15) is 5.82 Å². The minimum absolute atomic E-state index is 0.174. The lowest BCUT2D eigenvalue weighted by Gasteiger charge is -1.98. The molecule has 1 aliphatic rings. The van der Waals surface area contributed by atoms with Crippen LogP contribution >= 0.6 is 15.9 Å². The molecular formula is C8H7BrFN. The lowest BCUT2D eigenvalue weighted by Crippen LogP contribution is -1.99. The van der Waals surface area contributed by atoms with Gasteiger partial charge in [0, 0.05) is 13.1 Å². The maximum absolute atomic E-state index is 12.9.